The number of nitrogens with zero attached hydrogens (tertiary/aromatic N) is 5. The van der Waals surface area contributed by atoms with Crippen LogP contribution in [0.2, 0.25) is 5.15 Å². The summed E-state index contributed by atoms with van der Waals surface area (Å²) in [5, 5.41) is 23.5. The van der Waals surface area contributed by atoms with Gasteiger partial charge in [-0.25, -0.2) is 19.9 Å². The van der Waals surface area contributed by atoms with E-state index >= 15 is 0 Å². The molecular weight excluding hydrogens is 400 g/mol. The van der Waals surface area contributed by atoms with Gasteiger partial charge in [0.25, 0.3) is 0 Å². The molecule has 10 heteroatoms. The molecule has 0 aliphatic carbocycles. The molecule has 1 fully saturated rings. The predicted octanol–water partition coefficient (Wildman–Crippen LogP) is 1.83. The summed E-state index contributed by atoms with van der Waals surface area (Å²) in [4.78, 5) is 17.4. The summed E-state index contributed by atoms with van der Waals surface area (Å²) in [5.41, 5.74) is 2.06. The van der Waals surface area contributed by atoms with E-state index in [-0.39, 0.29) is 5.37 Å². The lowest BCUT2D eigenvalue weighted by Gasteiger charge is -2.17. The Hall–Kier alpha value is -2.38. The molecule has 0 aromatic carbocycles. The second-order valence-corrected chi connectivity index (χ2v) is 7.75. The Morgan fingerprint density at radius 2 is 2.21 bits per heavy atom. The molecule has 8 nitrogen and oxygen atoms in total. The predicted molar refractivity (Wildman–Crippen MR) is 108 cm³/mol. The summed E-state index contributed by atoms with van der Waals surface area (Å²) in [7, 11) is 0. The maximum Gasteiger partial charge on any atom is 0.208 e. The molecule has 28 heavy (non-hydrogen) atoms. The van der Waals surface area contributed by atoms with E-state index in [1.807, 2.05) is 6.07 Å². The van der Waals surface area contributed by atoms with Gasteiger partial charge in [0.15, 0.2) is 17.0 Å². The lowest BCUT2D eigenvalue weighted by molar-refractivity contribution is 0.0313. The van der Waals surface area contributed by atoms with Crippen molar-refractivity contribution in [1.29, 1.82) is 0 Å². The van der Waals surface area contributed by atoms with Gasteiger partial charge in [-0.05, 0) is 30.5 Å². The smallest absolute Gasteiger partial charge is 0.208 e. The van der Waals surface area contributed by atoms with Crippen molar-refractivity contribution in [3.63, 3.8) is 0 Å². The van der Waals surface area contributed by atoms with Gasteiger partial charge in [-0.2, -0.15) is 0 Å². The van der Waals surface area contributed by atoms with Crippen molar-refractivity contribution in [3.05, 3.63) is 41.2 Å². The monoisotopic (exact) mass is 416 g/mol. The molecule has 3 atom stereocenters. The summed E-state index contributed by atoms with van der Waals surface area (Å²) in [6.07, 6.45) is 1.57. The molecule has 4 heterocycles. The molecule has 0 saturated carbocycles. The number of hydrogen-bond donors (Lipinski definition) is 3. The number of aliphatic hydroxyl groups is 2. The van der Waals surface area contributed by atoms with E-state index < -0.39 is 12.2 Å². The fraction of sp³-hybridized carbons (Fsp3) is 0.333. The molecule has 4 rings (SSSR count). The van der Waals surface area contributed by atoms with Gasteiger partial charge in [0.05, 0.1) is 12.4 Å². The van der Waals surface area contributed by atoms with E-state index in [1.165, 1.54) is 11.8 Å². The van der Waals surface area contributed by atoms with Gasteiger partial charge >= 0.3 is 0 Å². The average Bonchev–Trinajstić information content (AvgIpc) is 3.24. The zero-order valence-corrected chi connectivity index (χ0v) is 16.4. The molecule has 1 saturated heterocycles. The largest absolute Gasteiger partial charge is 0.389 e. The van der Waals surface area contributed by atoms with Crippen molar-refractivity contribution in [3.8, 4) is 11.8 Å². The highest BCUT2D eigenvalue weighted by molar-refractivity contribution is 7.99. The number of anilines is 1. The van der Waals surface area contributed by atoms with Crippen LogP contribution >= 0.6 is 23.4 Å². The first-order valence-corrected chi connectivity index (χ1v) is 9.99. The summed E-state index contributed by atoms with van der Waals surface area (Å²) in [6, 6.07) is 3.63. The van der Waals surface area contributed by atoms with Crippen LogP contribution < -0.4 is 5.32 Å². The molecule has 0 spiro atoms. The van der Waals surface area contributed by atoms with Crippen LogP contribution in [0.15, 0.2) is 24.7 Å². The SMILES string of the molecule is CC#Cc1nc(NCc2ccnc(Cl)c2)c2ncn([C@@H]3SCC(O)C3O)c2n1. The topological polar surface area (TPSA) is 109 Å². The average molecular weight is 417 g/mol. The first-order valence-electron chi connectivity index (χ1n) is 8.56. The third-order valence-electron chi connectivity index (χ3n) is 4.31. The second-order valence-electron chi connectivity index (χ2n) is 6.22. The third kappa shape index (κ3) is 3.64. The number of thioether (sulfide) groups is 1. The first-order chi connectivity index (χ1) is 13.6. The normalized spacial score (nSPS) is 21.5. The highest BCUT2D eigenvalue weighted by Gasteiger charge is 2.36. The standard InChI is InChI=1S/C18H17ClN6O2S/c1-2-3-13-23-16(21-7-10-4-5-20-12(19)6-10)14-17(24-13)25(9-22-14)18-15(27)11(26)8-28-18/h4-6,9,11,15,18,26-27H,7-8H2,1H3,(H,21,23,24)/t11?,15?,18-/m1/s1. The molecule has 0 amide bonds. The summed E-state index contributed by atoms with van der Waals surface area (Å²) in [5.74, 6) is 7.01. The van der Waals surface area contributed by atoms with E-state index in [9.17, 15) is 10.2 Å². The summed E-state index contributed by atoms with van der Waals surface area (Å²) < 4.78 is 1.76. The van der Waals surface area contributed by atoms with Crippen LogP contribution in [0.1, 0.15) is 23.7 Å². The van der Waals surface area contributed by atoms with Gasteiger partial charge in [-0.3, -0.25) is 4.57 Å². The number of imidazole rings is 1. The highest BCUT2D eigenvalue weighted by Crippen LogP contribution is 2.38. The second kappa shape index (κ2) is 7.93. The number of hydrogen-bond acceptors (Lipinski definition) is 8. The number of aromatic nitrogens is 5. The number of rotatable bonds is 4. The lowest BCUT2D eigenvalue weighted by atomic mass is 10.2. The highest BCUT2D eigenvalue weighted by atomic mass is 35.5. The Morgan fingerprint density at radius 1 is 1.36 bits per heavy atom. The number of nitrogens with one attached hydrogen (secondary N) is 1. The molecule has 0 bridgehead atoms. The number of pyridine rings is 1. The van der Waals surface area contributed by atoms with Gasteiger partial charge in [0.2, 0.25) is 5.82 Å². The van der Waals surface area contributed by atoms with E-state index in [0.29, 0.717) is 40.3 Å². The Kier molecular flexibility index (Phi) is 5.37. The van der Waals surface area contributed by atoms with Gasteiger partial charge in [0, 0.05) is 18.5 Å². The molecular formula is C18H17ClN6O2S. The molecule has 0 radical (unpaired) electrons. The molecule has 1 aliphatic rings. The van der Waals surface area contributed by atoms with Crippen molar-refractivity contribution in [1.82, 2.24) is 24.5 Å². The van der Waals surface area contributed by atoms with Crippen LogP contribution in [0, 0.1) is 11.8 Å². The molecule has 144 valence electrons. The van der Waals surface area contributed by atoms with Crippen molar-refractivity contribution >= 4 is 40.3 Å². The number of aliphatic hydroxyl groups excluding tert-OH is 2. The zero-order chi connectivity index (χ0) is 19.7. The van der Waals surface area contributed by atoms with Crippen molar-refractivity contribution in [2.24, 2.45) is 0 Å². The van der Waals surface area contributed by atoms with E-state index in [1.54, 1.807) is 30.1 Å². The minimum absolute atomic E-state index is 0.352. The van der Waals surface area contributed by atoms with Crippen molar-refractivity contribution in [2.75, 3.05) is 11.1 Å². The molecule has 2 unspecified atom stereocenters. The zero-order valence-electron chi connectivity index (χ0n) is 14.9. The van der Waals surface area contributed by atoms with E-state index in [0.717, 1.165) is 5.56 Å². The molecule has 1 aliphatic heterocycles. The van der Waals surface area contributed by atoms with Crippen LogP contribution in [0.5, 0.6) is 0 Å². The van der Waals surface area contributed by atoms with Gasteiger partial charge in [-0.1, -0.05) is 17.5 Å². The van der Waals surface area contributed by atoms with Crippen molar-refractivity contribution < 1.29 is 10.2 Å². The first kappa shape index (κ1) is 19.0. The maximum absolute atomic E-state index is 10.3. The van der Waals surface area contributed by atoms with Gasteiger partial charge in [0.1, 0.15) is 16.6 Å². The van der Waals surface area contributed by atoms with E-state index in [2.05, 4.69) is 37.1 Å². The fourth-order valence-corrected chi connectivity index (χ4v) is 4.44. The summed E-state index contributed by atoms with van der Waals surface area (Å²) in [6.45, 7) is 2.18. The summed E-state index contributed by atoms with van der Waals surface area (Å²) >= 11 is 7.40. The number of fused-ring (bicyclic) bond motifs is 1. The minimum Gasteiger partial charge on any atom is -0.389 e. The Labute approximate surface area is 170 Å². The Morgan fingerprint density at radius 3 is 2.93 bits per heavy atom. The quantitative estimate of drug-likeness (QED) is 0.436. The molecule has 3 N–H and O–H groups in total. The minimum atomic E-state index is -0.895. The number of halogens is 1. The fourth-order valence-electron chi connectivity index (χ4n) is 2.96. The van der Waals surface area contributed by atoms with Crippen LogP contribution in [0.3, 0.4) is 0 Å². The Balaban J connectivity index is 1.72. The van der Waals surface area contributed by atoms with Gasteiger partial charge < -0.3 is 15.5 Å². The molecule has 3 aromatic heterocycles. The van der Waals surface area contributed by atoms with Crippen LogP contribution in [-0.4, -0.2) is 52.7 Å². The lowest BCUT2D eigenvalue weighted by Crippen LogP contribution is -2.27. The third-order valence-corrected chi connectivity index (χ3v) is 5.90. The Bertz CT molecular complexity index is 1080. The van der Waals surface area contributed by atoms with E-state index in [4.69, 9.17) is 11.6 Å². The maximum atomic E-state index is 10.3. The van der Waals surface area contributed by atoms with Gasteiger partial charge in [-0.15, -0.1) is 11.8 Å². The van der Waals surface area contributed by atoms with Crippen molar-refractivity contribution in [2.45, 2.75) is 31.1 Å². The van der Waals surface area contributed by atoms with Crippen LogP contribution in [0.4, 0.5) is 5.82 Å². The van der Waals surface area contributed by atoms with Crippen LogP contribution in [-0.2, 0) is 6.54 Å². The van der Waals surface area contributed by atoms with Crippen LogP contribution in [0.25, 0.3) is 11.2 Å². The molecule has 3 aromatic rings.